The molecule has 2 aromatic heterocycles. The zero-order valence-corrected chi connectivity index (χ0v) is 18.9. The normalized spacial score (nSPS) is 16.1. The lowest BCUT2D eigenvalue weighted by Gasteiger charge is -2.28. The minimum atomic E-state index is -1.04. The highest BCUT2D eigenvalue weighted by Gasteiger charge is 2.29. The highest BCUT2D eigenvalue weighted by atomic mass is 16.6. The second-order valence-corrected chi connectivity index (χ2v) is 9.56. The van der Waals surface area contributed by atoms with Gasteiger partial charge in [-0.1, -0.05) is 50.2 Å². The van der Waals surface area contributed by atoms with E-state index in [1.165, 1.54) is 17.7 Å². The molecule has 0 fully saturated rings. The molecule has 6 heteroatoms. The number of nitrogens with zero attached hydrogens (tertiary/aromatic N) is 2. The second-order valence-electron chi connectivity index (χ2n) is 9.56. The third-order valence-corrected chi connectivity index (χ3v) is 6.50. The molecule has 0 amide bonds. The van der Waals surface area contributed by atoms with Crippen molar-refractivity contribution in [2.45, 2.75) is 46.1 Å². The first-order valence-corrected chi connectivity index (χ1v) is 11.2. The summed E-state index contributed by atoms with van der Waals surface area (Å²) in [5.74, 6) is 0. The van der Waals surface area contributed by atoms with Crippen LogP contribution in [0.15, 0.2) is 54.6 Å². The maximum Gasteiger partial charge on any atom is 0.238 e. The summed E-state index contributed by atoms with van der Waals surface area (Å²) in [7, 11) is 1.83. The van der Waals surface area contributed by atoms with E-state index in [9.17, 15) is 5.11 Å². The lowest BCUT2D eigenvalue weighted by Crippen LogP contribution is -2.33. The number of rotatable bonds is 6. The number of hydrogen-bond donors (Lipinski definition) is 3. The van der Waals surface area contributed by atoms with Crippen molar-refractivity contribution >= 4 is 16.6 Å². The van der Waals surface area contributed by atoms with Crippen LogP contribution in [0, 0.1) is 5.41 Å². The number of aliphatic hydroxyl groups is 1. The van der Waals surface area contributed by atoms with E-state index in [-0.39, 0.29) is 0 Å². The Morgan fingerprint density at radius 1 is 1.16 bits per heavy atom. The van der Waals surface area contributed by atoms with Gasteiger partial charge in [-0.2, -0.15) is 5.10 Å². The fourth-order valence-corrected chi connectivity index (χ4v) is 4.52. The van der Waals surface area contributed by atoms with Gasteiger partial charge >= 0.3 is 0 Å². The molecule has 0 spiro atoms. The SMILES string of the molecule is CN(c1ccc2cc(-c3n[nH]c4c3CCC(C)(C)C4)[nH]c2c1)C(O)OCc1ccccc1. The van der Waals surface area contributed by atoms with Crippen LogP contribution in [0.5, 0.6) is 0 Å². The monoisotopic (exact) mass is 430 g/mol. The molecule has 32 heavy (non-hydrogen) atoms. The predicted molar refractivity (Wildman–Crippen MR) is 127 cm³/mol. The summed E-state index contributed by atoms with van der Waals surface area (Å²) >= 11 is 0. The first-order valence-electron chi connectivity index (χ1n) is 11.2. The highest BCUT2D eigenvalue weighted by Crippen LogP contribution is 2.38. The van der Waals surface area contributed by atoms with Gasteiger partial charge in [0.15, 0.2) is 0 Å². The van der Waals surface area contributed by atoms with Gasteiger partial charge in [0.1, 0.15) is 5.69 Å². The fourth-order valence-electron chi connectivity index (χ4n) is 4.52. The Hall–Kier alpha value is -3.09. The van der Waals surface area contributed by atoms with Crippen LogP contribution in [-0.4, -0.2) is 33.7 Å². The van der Waals surface area contributed by atoms with Crippen LogP contribution in [0.3, 0.4) is 0 Å². The smallest absolute Gasteiger partial charge is 0.238 e. The van der Waals surface area contributed by atoms with Crippen molar-refractivity contribution in [3.63, 3.8) is 0 Å². The van der Waals surface area contributed by atoms with E-state index in [1.54, 1.807) is 4.90 Å². The predicted octanol–water partition coefficient (Wildman–Crippen LogP) is 5.00. The molecule has 0 aliphatic heterocycles. The van der Waals surface area contributed by atoms with Crippen molar-refractivity contribution in [3.8, 4) is 11.4 Å². The van der Waals surface area contributed by atoms with Gasteiger partial charge in [-0.25, -0.2) is 0 Å². The zero-order valence-electron chi connectivity index (χ0n) is 18.9. The molecule has 5 rings (SSSR count). The van der Waals surface area contributed by atoms with Gasteiger partial charge in [0.25, 0.3) is 0 Å². The van der Waals surface area contributed by atoms with E-state index in [1.807, 2.05) is 49.5 Å². The van der Waals surface area contributed by atoms with Crippen LogP contribution in [-0.2, 0) is 24.2 Å². The van der Waals surface area contributed by atoms with Gasteiger partial charge in [0.2, 0.25) is 6.41 Å². The number of aromatic nitrogens is 3. The number of aliphatic hydroxyl groups excluding tert-OH is 1. The molecule has 6 nitrogen and oxygen atoms in total. The summed E-state index contributed by atoms with van der Waals surface area (Å²) in [5.41, 5.74) is 7.86. The van der Waals surface area contributed by atoms with Crippen LogP contribution < -0.4 is 4.90 Å². The number of H-pyrrole nitrogens is 2. The van der Waals surface area contributed by atoms with E-state index in [0.717, 1.165) is 46.4 Å². The summed E-state index contributed by atoms with van der Waals surface area (Å²) in [6, 6.07) is 18.1. The highest BCUT2D eigenvalue weighted by molar-refractivity contribution is 5.88. The van der Waals surface area contributed by atoms with Gasteiger partial charge in [-0.15, -0.1) is 0 Å². The molecular weight excluding hydrogens is 400 g/mol. The number of ether oxygens (including phenoxy) is 1. The van der Waals surface area contributed by atoms with Crippen LogP contribution in [0.1, 0.15) is 37.1 Å². The summed E-state index contributed by atoms with van der Waals surface area (Å²) in [4.78, 5) is 5.25. The average Bonchev–Trinajstić information content (AvgIpc) is 3.39. The minimum absolute atomic E-state index is 0.320. The Kier molecular flexibility index (Phi) is 5.27. The van der Waals surface area contributed by atoms with Crippen molar-refractivity contribution < 1.29 is 9.84 Å². The number of benzene rings is 2. The van der Waals surface area contributed by atoms with Gasteiger partial charge in [-0.3, -0.25) is 5.10 Å². The van der Waals surface area contributed by atoms with E-state index < -0.39 is 6.41 Å². The molecule has 2 heterocycles. The van der Waals surface area contributed by atoms with Crippen LogP contribution in [0.25, 0.3) is 22.3 Å². The molecule has 0 radical (unpaired) electrons. The average molecular weight is 431 g/mol. The number of fused-ring (bicyclic) bond motifs is 2. The Morgan fingerprint density at radius 3 is 2.78 bits per heavy atom. The minimum Gasteiger partial charge on any atom is -0.353 e. The van der Waals surface area contributed by atoms with E-state index in [2.05, 4.69) is 41.2 Å². The van der Waals surface area contributed by atoms with Gasteiger partial charge in [-0.05, 0) is 48.4 Å². The molecule has 0 bridgehead atoms. The zero-order chi connectivity index (χ0) is 22.3. The van der Waals surface area contributed by atoms with Crippen molar-refractivity contribution in [2.24, 2.45) is 5.41 Å². The first kappa shape index (κ1) is 20.8. The fraction of sp³-hybridized carbons (Fsp3) is 0.346. The second kappa shape index (κ2) is 8.11. The summed E-state index contributed by atoms with van der Waals surface area (Å²) in [6.45, 7) is 4.98. The summed E-state index contributed by atoms with van der Waals surface area (Å²) in [6.07, 6.45) is 2.21. The third kappa shape index (κ3) is 4.04. The molecule has 0 saturated heterocycles. The molecule has 1 atom stereocenters. The Morgan fingerprint density at radius 2 is 1.97 bits per heavy atom. The van der Waals surface area contributed by atoms with Gasteiger partial charge < -0.3 is 19.7 Å². The molecule has 4 aromatic rings. The quantitative estimate of drug-likeness (QED) is 0.376. The molecular formula is C26H30N4O2. The molecule has 3 N–H and O–H groups in total. The molecule has 1 aliphatic rings. The number of anilines is 1. The molecule has 166 valence electrons. The lowest BCUT2D eigenvalue weighted by atomic mass is 9.76. The van der Waals surface area contributed by atoms with E-state index in [0.29, 0.717) is 12.0 Å². The molecule has 2 aromatic carbocycles. The molecule has 1 unspecified atom stereocenters. The maximum absolute atomic E-state index is 10.5. The lowest BCUT2D eigenvalue weighted by molar-refractivity contribution is -0.105. The van der Waals surface area contributed by atoms with Gasteiger partial charge in [0, 0.05) is 34.9 Å². The summed E-state index contributed by atoms with van der Waals surface area (Å²) < 4.78 is 5.66. The molecule has 1 aliphatic carbocycles. The van der Waals surface area contributed by atoms with Crippen molar-refractivity contribution in [1.29, 1.82) is 0 Å². The van der Waals surface area contributed by atoms with E-state index >= 15 is 0 Å². The number of hydrogen-bond acceptors (Lipinski definition) is 4. The van der Waals surface area contributed by atoms with Crippen molar-refractivity contribution in [1.82, 2.24) is 15.2 Å². The van der Waals surface area contributed by atoms with Crippen molar-refractivity contribution in [2.75, 3.05) is 11.9 Å². The van der Waals surface area contributed by atoms with Gasteiger partial charge in [0.05, 0.1) is 12.3 Å². The number of nitrogens with one attached hydrogen (secondary N) is 2. The number of aromatic amines is 2. The molecule has 0 saturated carbocycles. The Labute approximate surface area is 188 Å². The Balaban J connectivity index is 1.35. The maximum atomic E-state index is 10.5. The first-order chi connectivity index (χ1) is 15.4. The van der Waals surface area contributed by atoms with Crippen LogP contribution in [0.4, 0.5) is 5.69 Å². The summed E-state index contributed by atoms with van der Waals surface area (Å²) in [5, 5.41) is 19.5. The topological polar surface area (TPSA) is 77.2 Å². The van der Waals surface area contributed by atoms with Crippen LogP contribution in [0.2, 0.25) is 0 Å². The standard InChI is InChI=1S/C26H30N4O2/c1-26(2)12-11-20-23(15-26)28-29-24(20)22-13-18-9-10-19(14-21(18)27-22)30(3)25(31)32-16-17-7-5-4-6-8-17/h4-10,13-14,25,27,31H,11-12,15-16H2,1-3H3,(H,28,29). The van der Waals surface area contributed by atoms with Crippen LogP contribution >= 0.6 is 0 Å². The van der Waals surface area contributed by atoms with Crippen molar-refractivity contribution in [3.05, 3.63) is 71.4 Å². The Bertz CT molecular complexity index is 1230. The largest absolute Gasteiger partial charge is 0.353 e. The third-order valence-electron chi connectivity index (χ3n) is 6.50. The van der Waals surface area contributed by atoms with E-state index in [4.69, 9.17) is 4.74 Å².